The Morgan fingerprint density at radius 3 is 0.747 bits per heavy atom. The van der Waals surface area contributed by atoms with Crippen LogP contribution in [0.2, 0.25) is 0 Å². The molecule has 0 aliphatic carbocycles. The summed E-state index contributed by atoms with van der Waals surface area (Å²) in [5.74, 6) is 0.962. The molecule has 0 spiro atoms. The summed E-state index contributed by atoms with van der Waals surface area (Å²) >= 11 is 0. The molecule has 0 saturated carbocycles. The van der Waals surface area contributed by atoms with Gasteiger partial charge in [-0.2, -0.15) is 0 Å². The van der Waals surface area contributed by atoms with E-state index in [1.54, 1.807) is 0 Å². The van der Waals surface area contributed by atoms with Crippen LogP contribution in [0.5, 0.6) is 0 Å². The summed E-state index contributed by atoms with van der Waals surface area (Å²) in [5, 5.41) is 10.6. The highest BCUT2D eigenvalue weighted by atomic mass is 31.2. The Morgan fingerprint density at radius 2 is 0.505 bits per heavy atom. The molecule has 3 N–H and O–H groups in total. The van der Waals surface area contributed by atoms with Gasteiger partial charge >= 0.3 is 39.5 Å². The molecule has 564 valence electrons. The number of esters is 4. The summed E-state index contributed by atoms with van der Waals surface area (Å²) in [4.78, 5) is 72.8. The minimum Gasteiger partial charge on any atom is -0.462 e. The lowest BCUT2D eigenvalue weighted by atomic mass is 9.99. The number of unbranched alkanes of at least 4 members (excludes halogenated alkanes) is 37. The number of aliphatic hydroxyl groups excluding tert-OH is 1. The molecule has 4 unspecified atom stereocenters. The number of hydrogen-bond donors (Lipinski definition) is 3. The van der Waals surface area contributed by atoms with E-state index in [4.69, 9.17) is 37.0 Å². The van der Waals surface area contributed by atoms with Crippen LogP contribution in [0.25, 0.3) is 0 Å². The van der Waals surface area contributed by atoms with Crippen molar-refractivity contribution < 1.29 is 80.2 Å². The van der Waals surface area contributed by atoms with Crippen molar-refractivity contribution in [2.75, 3.05) is 39.6 Å². The van der Waals surface area contributed by atoms with Crippen LogP contribution < -0.4 is 0 Å². The summed E-state index contributed by atoms with van der Waals surface area (Å²) < 4.78 is 68.5. The summed E-state index contributed by atoms with van der Waals surface area (Å²) in [6, 6.07) is 0. The van der Waals surface area contributed by atoms with E-state index in [9.17, 15) is 43.2 Å². The average Bonchev–Trinajstić information content (AvgIpc) is 2.44. The third kappa shape index (κ3) is 67.6. The van der Waals surface area contributed by atoms with Crippen LogP contribution in [-0.2, 0) is 65.4 Å². The minimum atomic E-state index is -4.96. The van der Waals surface area contributed by atoms with E-state index in [1.165, 1.54) is 180 Å². The van der Waals surface area contributed by atoms with E-state index in [-0.39, 0.29) is 25.7 Å². The van der Waals surface area contributed by atoms with E-state index >= 15 is 0 Å². The van der Waals surface area contributed by atoms with Crippen LogP contribution in [-0.4, -0.2) is 96.7 Å². The Morgan fingerprint density at radius 1 is 0.295 bits per heavy atom. The van der Waals surface area contributed by atoms with E-state index in [0.29, 0.717) is 25.7 Å². The van der Waals surface area contributed by atoms with Gasteiger partial charge in [-0.1, -0.05) is 331 Å². The number of phosphoric acid groups is 2. The van der Waals surface area contributed by atoms with E-state index in [1.807, 2.05) is 0 Å². The summed E-state index contributed by atoms with van der Waals surface area (Å²) in [6.45, 7) is 14.2. The predicted octanol–water partition coefficient (Wildman–Crippen LogP) is 22.0. The van der Waals surface area contributed by atoms with Gasteiger partial charge in [-0.3, -0.25) is 37.3 Å². The Bertz CT molecular complexity index is 1870. The summed E-state index contributed by atoms with van der Waals surface area (Å²) in [5.41, 5.74) is 0. The molecule has 95 heavy (non-hydrogen) atoms. The highest BCUT2D eigenvalue weighted by Crippen LogP contribution is 2.45. The monoisotopic (exact) mass is 1400 g/mol. The van der Waals surface area contributed by atoms with Crippen molar-refractivity contribution in [3.8, 4) is 0 Å². The van der Waals surface area contributed by atoms with Crippen LogP contribution in [0.1, 0.15) is 383 Å². The number of carbonyl (C=O) groups is 4. The van der Waals surface area contributed by atoms with Crippen LogP contribution in [0.3, 0.4) is 0 Å². The number of rotatable bonds is 73. The minimum absolute atomic E-state index is 0.104. The van der Waals surface area contributed by atoms with Crippen LogP contribution in [0, 0.1) is 23.7 Å². The lowest BCUT2D eigenvalue weighted by Crippen LogP contribution is -2.30. The molecule has 0 aliphatic rings. The molecule has 0 rings (SSSR count). The van der Waals surface area contributed by atoms with Gasteiger partial charge in [-0.05, 0) is 49.4 Å². The second kappa shape index (κ2) is 65.4. The number of phosphoric ester groups is 2. The van der Waals surface area contributed by atoms with Crippen molar-refractivity contribution >= 4 is 39.5 Å². The molecule has 17 nitrogen and oxygen atoms in total. The maximum Gasteiger partial charge on any atom is 0.472 e. The first-order valence-electron chi connectivity index (χ1n) is 39.3. The third-order valence-electron chi connectivity index (χ3n) is 18.3. The zero-order chi connectivity index (χ0) is 70.3. The lowest BCUT2D eigenvalue weighted by molar-refractivity contribution is -0.161. The molecule has 19 heteroatoms. The molecule has 0 bridgehead atoms. The molecular weight excluding hydrogens is 1250 g/mol. The summed E-state index contributed by atoms with van der Waals surface area (Å²) in [7, 11) is -9.91. The van der Waals surface area contributed by atoms with E-state index in [2.05, 4.69) is 55.4 Å². The molecule has 0 aromatic carbocycles. The fraction of sp³-hybridized carbons (Fsp3) is 0.947. The second-order valence-electron chi connectivity index (χ2n) is 28.8. The molecule has 0 radical (unpaired) electrons. The maximum absolute atomic E-state index is 13.1. The Balaban J connectivity index is 5.21. The van der Waals surface area contributed by atoms with Crippen molar-refractivity contribution in [2.45, 2.75) is 401 Å². The molecule has 7 atom stereocenters. The highest BCUT2D eigenvalue weighted by Gasteiger charge is 2.30. The molecule has 0 fully saturated rings. The number of aliphatic hydroxyl groups is 1. The van der Waals surface area contributed by atoms with Crippen LogP contribution in [0.4, 0.5) is 0 Å². The number of carbonyl (C=O) groups excluding carboxylic acids is 4. The Kier molecular flexibility index (Phi) is 64.0. The van der Waals surface area contributed by atoms with Crippen molar-refractivity contribution in [1.29, 1.82) is 0 Å². The fourth-order valence-electron chi connectivity index (χ4n) is 11.5. The zero-order valence-corrected chi connectivity index (χ0v) is 64.1. The fourth-order valence-corrected chi connectivity index (χ4v) is 13.1. The van der Waals surface area contributed by atoms with Crippen molar-refractivity contribution in [3.05, 3.63) is 0 Å². The van der Waals surface area contributed by atoms with Gasteiger partial charge in [0.1, 0.15) is 19.3 Å². The van der Waals surface area contributed by atoms with Gasteiger partial charge in [0.25, 0.3) is 0 Å². The average molecular weight is 1400 g/mol. The van der Waals surface area contributed by atoms with Gasteiger partial charge in [0.05, 0.1) is 26.4 Å². The van der Waals surface area contributed by atoms with Crippen LogP contribution >= 0.6 is 15.6 Å². The summed E-state index contributed by atoms with van der Waals surface area (Å²) in [6.07, 6.45) is 50.0. The molecular formula is C76H148O17P2. The zero-order valence-electron chi connectivity index (χ0n) is 62.3. The molecule has 0 aromatic rings. The van der Waals surface area contributed by atoms with E-state index < -0.39 is 97.5 Å². The van der Waals surface area contributed by atoms with Gasteiger partial charge < -0.3 is 33.8 Å². The SMILES string of the molecule is CCC(C)CCCCCCCCCCCCCCCCC(=O)OC[C@H](COP(=O)(O)OC[C@@H](O)COP(=O)(O)OC[C@@H](COC(=O)CCCCCCCCC(C)CC)OC(=O)CCCCCCCCCCCCCCCC(C)C)OC(=O)CCCCCCCCCCC(C)C. The first-order chi connectivity index (χ1) is 45.7. The maximum atomic E-state index is 13.1. The topological polar surface area (TPSA) is 237 Å². The molecule has 0 heterocycles. The molecule has 0 aliphatic heterocycles. The van der Waals surface area contributed by atoms with Crippen molar-refractivity contribution in [3.63, 3.8) is 0 Å². The molecule has 0 amide bonds. The van der Waals surface area contributed by atoms with Gasteiger partial charge in [0.15, 0.2) is 12.2 Å². The van der Waals surface area contributed by atoms with Gasteiger partial charge in [0.2, 0.25) is 0 Å². The standard InChI is InChI=1S/C76H148O17P2/c1-9-68(7)54-46-38-30-23-19-15-11-12-16-20-24-31-40-48-56-73(78)86-62-71(93-76(81)59-51-43-33-27-26-29-37-45-53-67(5)6)64-90-94(82,83)88-60-70(77)61-89-95(84,85)91-65-72(63-87-74(79)57-49-41-35-34-39-47-55-69(8)10-2)92-75(80)58-50-42-32-25-21-17-13-14-18-22-28-36-44-52-66(3)4/h66-72,77H,9-65H2,1-8H3,(H,82,83)(H,84,85)/t68?,69?,70-,71-,72-/m1/s1. The lowest BCUT2D eigenvalue weighted by Gasteiger charge is -2.21. The van der Waals surface area contributed by atoms with E-state index in [0.717, 1.165) is 120 Å². The molecule has 0 aromatic heterocycles. The van der Waals surface area contributed by atoms with Gasteiger partial charge in [-0.25, -0.2) is 9.13 Å². The number of hydrogen-bond acceptors (Lipinski definition) is 15. The quantitative estimate of drug-likeness (QED) is 0.0222. The highest BCUT2D eigenvalue weighted by molar-refractivity contribution is 7.47. The smallest absolute Gasteiger partial charge is 0.462 e. The first kappa shape index (κ1) is 93.1. The number of ether oxygens (including phenoxy) is 4. The van der Waals surface area contributed by atoms with Crippen LogP contribution in [0.15, 0.2) is 0 Å². The largest absolute Gasteiger partial charge is 0.472 e. The van der Waals surface area contributed by atoms with Crippen molar-refractivity contribution in [2.24, 2.45) is 23.7 Å². The predicted molar refractivity (Wildman–Crippen MR) is 386 cm³/mol. The first-order valence-corrected chi connectivity index (χ1v) is 42.3. The normalized spacial score (nSPS) is 14.7. The Labute approximate surface area is 581 Å². The van der Waals surface area contributed by atoms with Crippen molar-refractivity contribution in [1.82, 2.24) is 0 Å². The second-order valence-corrected chi connectivity index (χ2v) is 31.7. The van der Waals surface area contributed by atoms with Gasteiger partial charge in [-0.15, -0.1) is 0 Å². The Hall–Kier alpha value is -1.94. The van der Waals surface area contributed by atoms with Gasteiger partial charge in [0, 0.05) is 25.7 Å². The third-order valence-corrected chi connectivity index (χ3v) is 20.2. The molecule has 0 saturated heterocycles.